The Morgan fingerprint density at radius 1 is 0.795 bits per heavy atom. The number of sulfonamides is 1. The lowest BCUT2D eigenvalue weighted by Gasteiger charge is -2.35. The average molecular weight is 612 g/mol. The number of carbonyl (C=O) groups excluding carboxylic acids is 2. The molecule has 4 rings (SSSR count). The number of hydrogen-bond acceptors (Lipinski definition) is 4. The summed E-state index contributed by atoms with van der Waals surface area (Å²) in [7, 11) is -4.13. The summed E-state index contributed by atoms with van der Waals surface area (Å²) in [5, 5.41) is 3.06. The second-order valence-corrected chi connectivity index (χ2v) is 13.9. The van der Waals surface area contributed by atoms with Crippen molar-refractivity contribution in [2.45, 2.75) is 64.1 Å². The first-order chi connectivity index (χ1) is 20.8. The van der Waals surface area contributed by atoms with Crippen molar-refractivity contribution in [3.05, 3.63) is 131 Å². The molecule has 1 N–H and O–H groups in total. The van der Waals surface area contributed by atoms with E-state index in [1.807, 2.05) is 95.3 Å². The Morgan fingerprint density at radius 3 is 2.02 bits per heavy atom. The molecule has 0 saturated carbocycles. The number of carbonyl (C=O) groups is 2. The minimum atomic E-state index is -4.13. The molecule has 1 atom stereocenters. The van der Waals surface area contributed by atoms with Gasteiger partial charge in [-0.2, -0.15) is 0 Å². The zero-order chi connectivity index (χ0) is 31.9. The van der Waals surface area contributed by atoms with Crippen LogP contribution in [0.1, 0.15) is 43.0 Å². The van der Waals surface area contributed by atoms with E-state index < -0.39 is 34.1 Å². The van der Waals surface area contributed by atoms with Crippen molar-refractivity contribution in [3.63, 3.8) is 0 Å². The van der Waals surface area contributed by atoms with E-state index in [-0.39, 0.29) is 23.8 Å². The van der Waals surface area contributed by atoms with E-state index in [0.717, 1.165) is 26.6 Å². The fourth-order valence-electron chi connectivity index (χ4n) is 5.01. The fourth-order valence-corrected chi connectivity index (χ4v) is 6.44. The minimum Gasteiger partial charge on any atom is -0.350 e. The van der Waals surface area contributed by atoms with Crippen LogP contribution in [0.5, 0.6) is 0 Å². The first-order valence-corrected chi connectivity index (χ1v) is 16.1. The van der Waals surface area contributed by atoms with E-state index in [9.17, 15) is 18.0 Å². The topological polar surface area (TPSA) is 86.8 Å². The molecule has 4 aromatic carbocycles. The number of amides is 2. The average Bonchev–Trinajstić information content (AvgIpc) is 2.98. The van der Waals surface area contributed by atoms with Crippen LogP contribution in [0.3, 0.4) is 0 Å². The number of benzene rings is 4. The molecule has 0 radical (unpaired) electrons. The molecule has 0 bridgehead atoms. The monoisotopic (exact) mass is 611 g/mol. The molecule has 0 saturated heterocycles. The van der Waals surface area contributed by atoms with E-state index in [2.05, 4.69) is 5.32 Å². The molecule has 44 heavy (non-hydrogen) atoms. The summed E-state index contributed by atoms with van der Waals surface area (Å²) in [5.74, 6) is -0.796. The van der Waals surface area contributed by atoms with Crippen LogP contribution < -0.4 is 9.62 Å². The molecule has 230 valence electrons. The molecule has 0 fully saturated rings. The lowest BCUT2D eigenvalue weighted by atomic mass is 10.00. The molecule has 0 spiro atoms. The standard InChI is InChI=1S/C36H41N3O4S/c1-27-15-14-20-31(23-27)39(44(42,43)32-21-10-7-11-22-32)26-34(40)38(25-30-19-13-12-16-28(30)2)33(35(41)37-36(3,4)5)24-29-17-8-6-9-18-29/h6-23,33H,24-26H2,1-5H3,(H,37,41)/t33-/m0/s1. The summed E-state index contributed by atoms with van der Waals surface area (Å²) < 4.78 is 29.3. The number of nitrogens with one attached hydrogen (secondary N) is 1. The summed E-state index contributed by atoms with van der Waals surface area (Å²) in [6, 6.07) is 31.5. The maximum absolute atomic E-state index is 14.5. The SMILES string of the molecule is Cc1cccc(N(CC(=O)N(Cc2ccccc2C)[C@@H](Cc2ccccc2)C(=O)NC(C)(C)C)S(=O)(=O)c2ccccc2)c1. The van der Waals surface area contributed by atoms with Gasteiger partial charge < -0.3 is 10.2 Å². The largest absolute Gasteiger partial charge is 0.350 e. The van der Waals surface area contributed by atoms with Crippen LogP contribution in [-0.2, 0) is 32.6 Å². The van der Waals surface area contributed by atoms with Gasteiger partial charge in [0, 0.05) is 18.5 Å². The molecule has 0 unspecified atom stereocenters. The maximum Gasteiger partial charge on any atom is 0.264 e. The van der Waals surface area contributed by atoms with Gasteiger partial charge in [-0.1, -0.05) is 84.9 Å². The zero-order valence-corrected chi connectivity index (χ0v) is 26.8. The van der Waals surface area contributed by atoms with Crippen LogP contribution >= 0.6 is 0 Å². The second kappa shape index (κ2) is 13.9. The molecular weight excluding hydrogens is 570 g/mol. The van der Waals surface area contributed by atoms with Crippen LogP contribution in [0.2, 0.25) is 0 Å². The van der Waals surface area contributed by atoms with Gasteiger partial charge in [-0.25, -0.2) is 8.42 Å². The van der Waals surface area contributed by atoms with Gasteiger partial charge in [0.15, 0.2) is 0 Å². The highest BCUT2D eigenvalue weighted by molar-refractivity contribution is 7.92. The smallest absolute Gasteiger partial charge is 0.264 e. The number of aryl methyl sites for hydroxylation is 2. The van der Waals surface area contributed by atoms with Crippen LogP contribution in [-0.4, -0.2) is 43.3 Å². The van der Waals surface area contributed by atoms with Gasteiger partial charge in [-0.15, -0.1) is 0 Å². The van der Waals surface area contributed by atoms with Crippen LogP contribution in [0.25, 0.3) is 0 Å². The third-order valence-electron chi connectivity index (χ3n) is 7.27. The van der Waals surface area contributed by atoms with Gasteiger partial charge in [0.2, 0.25) is 11.8 Å². The van der Waals surface area contributed by atoms with Gasteiger partial charge in [0.1, 0.15) is 12.6 Å². The number of nitrogens with zero attached hydrogens (tertiary/aromatic N) is 2. The third-order valence-corrected chi connectivity index (χ3v) is 9.06. The van der Waals surface area contributed by atoms with Crippen molar-refractivity contribution < 1.29 is 18.0 Å². The normalized spacial score (nSPS) is 12.3. The van der Waals surface area contributed by atoms with Crippen molar-refractivity contribution in [2.75, 3.05) is 10.8 Å². The fraction of sp³-hybridized carbons (Fsp3) is 0.278. The predicted molar refractivity (Wildman–Crippen MR) is 176 cm³/mol. The lowest BCUT2D eigenvalue weighted by molar-refractivity contribution is -0.140. The molecule has 7 nitrogen and oxygen atoms in total. The molecule has 0 aliphatic heterocycles. The highest BCUT2D eigenvalue weighted by Gasteiger charge is 2.35. The van der Waals surface area contributed by atoms with E-state index >= 15 is 0 Å². The van der Waals surface area contributed by atoms with Crippen molar-refractivity contribution in [1.29, 1.82) is 0 Å². The molecule has 0 heterocycles. The van der Waals surface area contributed by atoms with E-state index in [4.69, 9.17) is 0 Å². The summed E-state index contributed by atoms with van der Waals surface area (Å²) in [6.07, 6.45) is 0.260. The molecule has 0 aliphatic carbocycles. The number of rotatable bonds is 11. The van der Waals surface area contributed by atoms with E-state index in [1.54, 1.807) is 36.4 Å². The third kappa shape index (κ3) is 8.35. The second-order valence-electron chi connectivity index (χ2n) is 12.1. The van der Waals surface area contributed by atoms with Crippen molar-refractivity contribution in [1.82, 2.24) is 10.2 Å². The number of hydrogen-bond donors (Lipinski definition) is 1. The van der Waals surface area contributed by atoms with Gasteiger partial charge in [-0.3, -0.25) is 13.9 Å². The van der Waals surface area contributed by atoms with E-state index in [1.165, 1.54) is 17.0 Å². The summed E-state index contributed by atoms with van der Waals surface area (Å²) in [4.78, 5) is 30.1. The first-order valence-electron chi connectivity index (χ1n) is 14.7. The van der Waals surface area contributed by atoms with Gasteiger partial charge >= 0.3 is 0 Å². The van der Waals surface area contributed by atoms with Crippen LogP contribution in [0.15, 0.2) is 114 Å². The molecule has 2 amide bonds. The summed E-state index contributed by atoms with van der Waals surface area (Å²) in [6.45, 7) is 9.15. The van der Waals surface area contributed by atoms with Crippen molar-refractivity contribution in [2.24, 2.45) is 0 Å². The van der Waals surface area contributed by atoms with Crippen LogP contribution in [0, 0.1) is 13.8 Å². The maximum atomic E-state index is 14.5. The van der Waals surface area contributed by atoms with Crippen LogP contribution in [0.4, 0.5) is 5.69 Å². The Labute approximate surface area is 261 Å². The minimum absolute atomic E-state index is 0.0751. The first kappa shape index (κ1) is 32.5. The summed E-state index contributed by atoms with van der Waals surface area (Å²) >= 11 is 0. The highest BCUT2D eigenvalue weighted by Crippen LogP contribution is 2.26. The molecule has 8 heteroatoms. The van der Waals surface area contributed by atoms with E-state index in [0.29, 0.717) is 5.69 Å². The Morgan fingerprint density at radius 2 is 1.41 bits per heavy atom. The van der Waals surface area contributed by atoms with Crippen molar-refractivity contribution >= 4 is 27.5 Å². The van der Waals surface area contributed by atoms with Gasteiger partial charge in [0.05, 0.1) is 10.6 Å². The molecule has 0 aromatic heterocycles. The quantitative estimate of drug-likeness (QED) is 0.224. The molecule has 0 aliphatic rings. The summed E-state index contributed by atoms with van der Waals surface area (Å²) in [5.41, 5.74) is 3.40. The zero-order valence-electron chi connectivity index (χ0n) is 26.0. The Bertz CT molecular complexity index is 1680. The van der Waals surface area contributed by atoms with Crippen molar-refractivity contribution in [3.8, 4) is 0 Å². The molecular formula is C36H41N3O4S. The lowest BCUT2D eigenvalue weighted by Crippen LogP contribution is -2.56. The molecule has 4 aromatic rings. The number of anilines is 1. The highest BCUT2D eigenvalue weighted by atomic mass is 32.2. The van der Waals surface area contributed by atoms with Gasteiger partial charge in [0.25, 0.3) is 10.0 Å². The Balaban J connectivity index is 1.82. The Hall–Kier alpha value is -4.43. The van der Waals surface area contributed by atoms with Gasteiger partial charge in [-0.05, 0) is 81.1 Å². The Kier molecular flexibility index (Phi) is 10.3. The predicted octanol–water partition coefficient (Wildman–Crippen LogP) is 6.05.